The van der Waals surface area contributed by atoms with Crippen LogP contribution in [0.5, 0.6) is 5.75 Å². The van der Waals surface area contributed by atoms with Gasteiger partial charge in [0.1, 0.15) is 24.0 Å². The van der Waals surface area contributed by atoms with E-state index in [2.05, 4.69) is 15.3 Å². The lowest BCUT2D eigenvalue weighted by molar-refractivity contribution is -0.125. The predicted octanol–water partition coefficient (Wildman–Crippen LogP) is 3.76. The second kappa shape index (κ2) is 11.8. The summed E-state index contributed by atoms with van der Waals surface area (Å²) in [5.41, 5.74) is 3.92. The monoisotopic (exact) mass is 469 g/mol. The Hall–Kier alpha value is -3.88. The largest absolute Gasteiger partial charge is 0.489 e. The second-order valence-corrected chi connectivity index (χ2v) is 8.55. The Morgan fingerprint density at radius 1 is 1.06 bits per heavy atom. The van der Waals surface area contributed by atoms with Crippen molar-refractivity contribution >= 4 is 24.2 Å². The number of likely N-dealkylation sites (N-methyl/N-ethyl adjacent to an activating group) is 1. The normalized spacial score (nSPS) is 12.1. The van der Waals surface area contributed by atoms with Crippen molar-refractivity contribution in [2.45, 2.75) is 45.9 Å². The number of hydrazone groups is 1. The van der Waals surface area contributed by atoms with Crippen LogP contribution < -0.4 is 10.2 Å². The molecule has 2 amide bonds. The van der Waals surface area contributed by atoms with E-state index in [9.17, 15) is 14.4 Å². The molecule has 0 saturated carbocycles. The molecule has 1 atom stereocenters. The molecule has 0 aromatic heterocycles. The lowest BCUT2D eigenvalue weighted by Gasteiger charge is -2.27. The molecule has 0 aliphatic rings. The van der Waals surface area contributed by atoms with Gasteiger partial charge in [0.2, 0.25) is 0 Å². The third-order valence-corrected chi connectivity index (χ3v) is 4.69. The second-order valence-electron chi connectivity index (χ2n) is 8.55. The van der Waals surface area contributed by atoms with Gasteiger partial charge in [-0.1, -0.05) is 12.1 Å². The molecular weight excluding hydrogens is 438 g/mol. The van der Waals surface area contributed by atoms with Crippen molar-refractivity contribution in [2.24, 2.45) is 5.10 Å². The summed E-state index contributed by atoms with van der Waals surface area (Å²) in [6.45, 7) is 7.20. The number of nitrogens with one attached hydrogen (secondary N) is 1. The molecule has 2 aromatic rings. The van der Waals surface area contributed by atoms with Crippen molar-refractivity contribution < 1.29 is 28.6 Å². The lowest BCUT2D eigenvalue weighted by atomic mass is 10.1. The van der Waals surface area contributed by atoms with E-state index in [1.54, 1.807) is 76.2 Å². The van der Waals surface area contributed by atoms with E-state index in [1.165, 1.54) is 25.3 Å². The smallest absolute Gasteiger partial charge is 0.410 e. The fourth-order valence-electron chi connectivity index (χ4n) is 2.60. The summed E-state index contributed by atoms with van der Waals surface area (Å²) in [5.74, 6) is -0.168. The van der Waals surface area contributed by atoms with Gasteiger partial charge in [-0.15, -0.1) is 0 Å². The van der Waals surface area contributed by atoms with Crippen LogP contribution in [0.2, 0.25) is 0 Å². The van der Waals surface area contributed by atoms with E-state index in [-0.39, 0.29) is 5.97 Å². The maximum Gasteiger partial charge on any atom is 0.410 e. The van der Waals surface area contributed by atoms with Gasteiger partial charge in [-0.3, -0.25) is 9.69 Å². The number of hydrogen-bond donors (Lipinski definition) is 1. The maximum atomic E-state index is 12.3. The van der Waals surface area contributed by atoms with E-state index in [1.807, 2.05) is 0 Å². The van der Waals surface area contributed by atoms with E-state index in [0.29, 0.717) is 17.9 Å². The first-order valence-corrected chi connectivity index (χ1v) is 10.7. The van der Waals surface area contributed by atoms with Crippen LogP contribution in [0.25, 0.3) is 0 Å². The molecule has 0 aliphatic carbocycles. The molecule has 0 aliphatic heterocycles. The predicted molar refractivity (Wildman–Crippen MR) is 128 cm³/mol. The Bertz CT molecular complexity index is 1010. The van der Waals surface area contributed by atoms with Gasteiger partial charge in [0.25, 0.3) is 5.91 Å². The van der Waals surface area contributed by atoms with Crippen LogP contribution in [0.15, 0.2) is 53.6 Å². The van der Waals surface area contributed by atoms with Gasteiger partial charge < -0.3 is 14.2 Å². The minimum absolute atomic E-state index is 0.341. The Labute approximate surface area is 199 Å². The molecular formula is C25H31N3O6. The van der Waals surface area contributed by atoms with Crippen LogP contribution in [0, 0.1) is 0 Å². The molecule has 182 valence electrons. The first-order valence-electron chi connectivity index (χ1n) is 10.7. The van der Waals surface area contributed by atoms with E-state index >= 15 is 0 Å². The van der Waals surface area contributed by atoms with E-state index < -0.39 is 23.6 Å². The quantitative estimate of drug-likeness (QED) is 0.358. The SMILES string of the molecule is COC(=O)c1ccc(COc2ccc(/C=N\NC(=O)[C@H](C)N(C)C(=O)OC(C)(C)C)cc2)cc1. The average molecular weight is 470 g/mol. The molecule has 9 heteroatoms. The lowest BCUT2D eigenvalue weighted by Crippen LogP contribution is -2.46. The minimum atomic E-state index is -0.760. The highest BCUT2D eigenvalue weighted by Gasteiger charge is 2.26. The van der Waals surface area contributed by atoms with Crippen LogP contribution in [-0.4, -0.2) is 54.9 Å². The third-order valence-electron chi connectivity index (χ3n) is 4.69. The van der Waals surface area contributed by atoms with Crippen molar-refractivity contribution in [2.75, 3.05) is 14.2 Å². The molecule has 0 unspecified atom stereocenters. The van der Waals surface area contributed by atoms with Gasteiger partial charge in [0.05, 0.1) is 18.9 Å². The van der Waals surface area contributed by atoms with Crippen LogP contribution in [0.3, 0.4) is 0 Å². The Morgan fingerprint density at radius 3 is 2.24 bits per heavy atom. The highest BCUT2D eigenvalue weighted by atomic mass is 16.6. The van der Waals surface area contributed by atoms with Crippen LogP contribution >= 0.6 is 0 Å². The summed E-state index contributed by atoms with van der Waals surface area (Å²) in [6, 6.07) is 13.4. The van der Waals surface area contributed by atoms with Crippen LogP contribution in [-0.2, 0) is 20.9 Å². The van der Waals surface area contributed by atoms with Crippen LogP contribution in [0.1, 0.15) is 49.2 Å². The summed E-state index contributed by atoms with van der Waals surface area (Å²) >= 11 is 0. The summed E-state index contributed by atoms with van der Waals surface area (Å²) in [5, 5.41) is 3.95. The Balaban J connectivity index is 1.83. The van der Waals surface area contributed by atoms with Crippen LogP contribution in [0.4, 0.5) is 4.79 Å². The number of carbonyl (C=O) groups is 3. The Morgan fingerprint density at radius 2 is 1.68 bits per heavy atom. The van der Waals surface area contributed by atoms with Crippen molar-refractivity contribution in [3.63, 3.8) is 0 Å². The Kier molecular flexibility index (Phi) is 9.18. The molecule has 0 radical (unpaired) electrons. The van der Waals surface area contributed by atoms with E-state index in [4.69, 9.17) is 9.47 Å². The standard InChI is InChI=1S/C25H31N3O6/c1-17(28(5)24(31)34-25(2,3)4)22(29)27-26-15-18-9-13-21(14-10-18)33-16-19-7-11-20(12-8-19)23(30)32-6/h7-15,17H,16H2,1-6H3,(H,27,29)/b26-15-/t17-/m0/s1. The third kappa shape index (κ3) is 8.23. The van der Waals surface area contributed by atoms with Gasteiger partial charge in [0.15, 0.2) is 0 Å². The average Bonchev–Trinajstić information content (AvgIpc) is 2.81. The van der Waals surface area contributed by atoms with Gasteiger partial charge in [-0.2, -0.15) is 5.10 Å². The number of benzene rings is 2. The zero-order valence-electron chi connectivity index (χ0n) is 20.3. The van der Waals surface area contributed by atoms with Crippen molar-refractivity contribution in [1.29, 1.82) is 0 Å². The molecule has 0 bridgehead atoms. The number of esters is 1. The highest BCUT2D eigenvalue weighted by Crippen LogP contribution is 2.15. The molecule has 0 fully saturated rings. The zero-order chi connectivity index (χ0) is 25.3. The highest BCUT2D eigenvalue weighted by molar-refractivity contribution is 5.89. The van der Waals surface area contributed by atoms with Gasteiger partial charge in [-0.25, -0.2) is 15.0 Å². The fraction of sp³-hybridized carbons (Fsp3) is 0.360. The van der Waals surface area contributed by atoms with Crippen molar-refractivity contribution in [1.82, 2.24) is 10.3 Å². The molecule has 0 heterocycles. The topological polar surface area (TPSA) is 107 Å². The molecule has 1 N–H and O–H groups in total. The fourth-order valence-corrected chi connectivity index (χ4v) is 2.60. The molecule has 2 aromatic carbocycles. The minimum Gasteiger partial charge on any atom is -0.489 e. The summed E-state index contributed by atoms with van der Waals surface area (Å²) in [6.07, 6.45) is 0.905. The first-order chi connectivity index (χ1) is 16.0. The molecule has 0 spiro atoms. The molecule has 9 nitrogen and oxygen atoms in total. The van der Waals surface area contributed by atoms with Crippen molar-refractivity contribution in [3.8, 4) is 5.75 Å². The first kappa shape index (κ1) is 26.4. The number of hydrogen-bond acceptors (Lipinski definition) is 7. The summed E-state index contributed by atoms with van der Waals surface area (Å²) < 4.78 is 15.7. The van der Waals surface area contributed by atoms with E-state index in [0.717, 1.165) is 11.1 Å². The molecule has 34 heavy (non-hydrogen) atoms. The molecule has 0 saturated heterocycles. The van der Waals surface area contributed by atoms with Gasteiger partial charge in [0, 0.05) is 7.05 Å². The number of ether oxygens (including phenoxy) is 3. The summed E-state index contributed by atoms with van der Waals surface area (Å²) in [4.78, 5) is 37.0. The zero-order valence-corrected chi connectivity index (χ0v) is 20.3. The number of carbonyl (C=O) groups excluding carboxylic acids is 3. The molecule has 2 rings (SSSR count). The maximum absolute atomic E-state index is 12.3. The number of amides is 2. The summed E-state index contributed by atoms with van der Waals surface area (Å²) in [7, 11) is 2.84. The van der Waals surface area contributed by atoms with Crippen molar-refractivity contribution in [3.05, 3.63) is 65.2 Å². The number of nitrogens with zero attached hydrogens (tertiary/aromatic N) is 2. The van der Waals surface area contributed by atoms with Gasteiger partial charge >= 0.3 is 12.1 Å². The number of methoxy groups -OCH3 is 1. The number of rotatable bonds is 8. The van der Waals surface area contributed by atoms with Gasteiger partial charge in [-0.05, 0) is 75.2 Å².